The van der Waals surface area contributed by atoms with Gasteiger partial charge in [-0.1, -0.05) is 13.8 Å². The summed E-state index contributed by atoms with van der Waals surface area (Å²) < 4.78 is 16.6. The number of hydrogen-bond donors (Lipinski definition) is 0. The standard InChI is InChI=1S/C24H31NO4/c1-4-12-25(13-5-2)14-6-7-15-28-19-9-11-21-20-10-8-18(27-3)16-22(20)24(26)29-23(21)17-19/h8-11,16-17H,4-7,12-15H2,1-3H3. The Morgan fingerprint density at radius 2 is 1.59 bits per heavy atom. The summed E-state index contributed by atoms with van der Waals surface area (Å²) in [6.07, 6.45) is 4.51. The van der Waals surface area contributed by atoms with Crippen LogP contribution in [0.15, 0.2) is 45.6 Å². The summed E-state index contributed by atoms with van der Waals surface area (Å²) in [7, 11) is 1.58. The van der Waals surface area contributed by atoms with Gasteiger partial charge in [0.1, 0.15) is 17.1 Å². The Labute approximate surface area is 172 Å². The van der Waals surface area contributed by atoms with Gasteiger partial charge in [-0.3, -0.25) is 0 Å². The molecule has 3 aromatic rings. The van der Waals surface area contributed by atoms with Gasteiger partial charge in [-0.2, -0.15) is 0 Å². The van der Waals surface area contributed by atoms with E-state index in [0.717, 1.165) is 49.0 Å². The van der Waals surface area contributed by atoms with E-state index in [4.69, 9.17) is 13.9 Å². The van der Waals surface area contributed by atoms with Crippen molar-refractivity contribution in [1.82, 2.24) is 4.90 Å². The Bertz CT molecular complexity index is 989. The minimum Gasteiger partial charge on any atom is -0.497 e. The van der Waals surface area contributed by atoms with Gasteiger partial charge in [0.25, 0.3) is 0 Å². The van der Waals surface area contributed by atoms with Crippen LogP contribution < -0.4 is 15.1 Å². The zero-order chi connectivity index (χ0) is 20.6. The molecule has 0 fully saturated rings. The number of ether oxygens (including phenoxy) is 2. The van der Waals surface area contributed by atoms with Gasteiger partial charge >= 0.3 is 5.63 Å². The predicted octanol–water partition coefficient (Wildman–Crippen LogP) is 5.24. The number of unbranched alkanes of at least 4 members (excludes halogenated alkanes) is 1. The molecule has 0 unspecified atom stereocenters. The summed E-state index contributed by atoms with van der Waals surface area (Å²) in [6.45, 7) is 8.56. The van der Waals surface area contributed by atoms with E-state index in [1.54, 1.807) is 19.2 Å². The molecular formula is C24H31NO4. The van der Waals surface area contributed by atoms with Gasteiger partial charge < -0.3 is 18.8 Å². The molecule has 0 saturated heterocycles. The second kappa shape index (κ2) is 10.3. The Morgan fingerprint density at radius 3 is 2.31 bits per heavy atom. The van der Waals surface area contributed by atoms with E-state index in [2.05, 4.69) is 18.7 Å². The van der Waals surface area contributed by atoms with Crippen molar-refractivity contribution in [3.05, 3.63) is 46.8 Å². The highest BCUT2D eigenvalue weighted by Crippen LogP contribution is 2.28. The second-order valence-corrected chi connectivity index (χ2v) is 7.36. The molecule has 0 aliphatic carbocycles. The van der Waals surface area contributed by atoms with Crippen LogP contribution in [0, 0.1) is 0 Å². The smallest absolute Gasteiger partial charge is 0.344 e. The van der Waals surface area contributed by atoms with Crippen molar-refractivity contribution < 1.29 is 13.9 Å². The molecule has 5 nitrogen and oxygen atoms in total. The van der Waals surface area contributed by atoms with Crippen molar-refractivity contribution >= 4 is 21.7 Å². The molecule has 5 heteroatoms. The van der Waals surface area contributed by atoms with E-state index in [0.29, 0.717) is 23.3 Å². The van der Waals surface area contributed by atoms with Crippen molar-refractivity contribution in [2.45, 2.75) is 39.5 Å². The minimum absolute atomic E-state index is 0.365. The van der Waals surface area contributed by atoms with Gasteiger partial charge in [-0.05, 0) is 75.6 Å². The molecular weight excluding hydrogens is 366 g/mol. The molecule has 1 heterocycles. The fourth-order valence-corrected chi connectivity index (χ4v) is 3.70. The van der Waals surface area contributed by atoms with E-state index < -0.39 is 0 Å². The second-order valence-electron chi connectivity index (χ2n) is 7.36. The van der Waals surface area contributed by atoms with Crippen LogP contribution in [0.1, 0.15) is 39.5 Å². The average Bonchev–Trinajstić information content (AvgIpc) is 2.73. The summed E-state index contributed by atoms with van der Waals surface area (Å²) in [4.78, 5) is 14.9. The summed E-state index contributed by atoms with van der Waals surface area (Å²) in [5.41, 5.74) is 0.178. The zero-order valence-electron chi connectivity index (χ0n) is 17.7. The summed E-state index contributed by atoms with van der Waals surface area (Å²) in [6, 6.07) is 11.2. The Hall–Kier alpha value is -2.53. The van der Waals surface area contributed by atoms with Crippen LogP contribution in [0.25, 0.3) is 21.7 Å². The Kier molecular flexibility index (Phi) is 7.53. The summed E-state index contributed by atoms with van der Waals surface area (Å²) in [5, 5.41) is 2.27. The zero-order valence-corrected chi connectivity index (χ0v) is 17.7. The van der Waals surface area contributed by atoms with Crippen molar-refractivity contribution in [2.24, 2.45) is 0 Å². The molecule has 0 aliphatic rings. The molecule has 0 spiro atoms. The van der Waals surface area contributed by atoms with Crippen LogP contribution in [0.3, 0.4) is 0 Å². The number of hydrogen-bond acceptors (Lipinski definition) is 5. The number of benzene rings is 2. The van der Waals surface area contributed by atoms with Gasteiger partial charge in [0.05, 0.1) is 19.1 Å². The van der Waals surface area contributed by atoms with Crippen molar-refractivity contribution in [3.8, 4) is 11.5 Å². The lowest BCUT2D eigenvalue weighted by Gasteiger charge is -2.20. The molecule has 156 valence electrons. The van der Waals surface area contributed by atoms with Crippen molar-refractivity contribution in [3.63, 3.8) is 0 Å². The largest absolute Gasteiger partial charge is 0.497 e. The highest BCUT2D eigenvalue weighted by atomic mass is 16.5. The van der Waals surface area contributed by atoms with Gasteiger partial charge in [-0.15, -0.1) is 0 Å². The maximum absolute atomic E-state index is 12.4. The van der Waals surface area contributed by atoms with E-state index in [1.807, 2.05) is 24.3 Å². The van der Waals surface area contributed by atoms with E-state index >= 15 is 0 Å². The molecule has 0 bridgehead atoms. The number of rotatable bonds is 11. The molecule has 0 amide bonds. The molecule has 0 saturated carbocycles. The molecule has 1 aromatic heterocycles. The first-order valence-corrected chi connectivity index (χ1v) is 10.6. The van der Waals surface area contributed by atoms with Crippen molar-refractivity contribution in [2.75, 3.05) is 33.4 Å². The Balaban J connectivity index is 1.64. The predicted molar refractivity (Wildman–Crippen MR) is 118 cm³/mol. The molecule has 0 N–H and O–H groups in total. The van der Waals surface area contributed by atoms with Crippen LogP contribution in [0.4, 0.5) is 0 Å². The van der Waals surface area contributed by atoms with E-state index in [9.17, 15) is 4.79 Å². The van der Waals surface area contributed by atoms with Gasteiger partial charge in [-0.25, -0.2) is 4.79 Å². The van der Waals surface area contributed by atoms with Gasteiger partial charge in [0, 0.05) is 16.8 Å². The average molecular weight is 398 g/mol. The first kappa shape index (κ1) is 21.2. The van der Waals surface area contributed by atoms with Crippen LogP contribution in [0.2, 0.25) is 0 Å². The van der Waals surface area contributed by atoms with Crippen LogP contribution in [-0.4, -0.2) is 38.3 Å². The maximum atomic E-state index is 12.4. The Morgan fingerprint density at radius 1 is 0.862 bits per heavy atom. The third kappa shape index (κ3) is 5.30. The molecule has 0 radical (unpaired) electrons. The number of nitrogens with zero attached hydrogens (tertiary/aromatic N) is 1. The van der Waals surface area contributed by atoms with Gasteiger partial charge in [0.2, 0.25) is 0 Å². The molecule has 2 aromatic carbocycles. The third-order valence-corrected chi connectivity index (χ3v) is 5.11. The lowest BCUT2D eigenvalue weighted by molar-refractivity contribution is 0.250. The fourth-order valence-electron chi connectivity index (χ4n) is 3.70. The topological polar surface area (TPSA) is 51.9 Å². The summed E-state index contributed by atoms with van der Waals surface area (Å²) >= 11 is 0. The lowest BCUT2D eigenvalue weighted by atomic mass is 10.1. The van der Waals surface area contributed by atoms with Crippen molar-refractivity contribution in [1.29, 1.82) is 0 Å². The first-order valence-electron chi connectivity index (χ1n) is 10.6. The molecule has 0 atom stereocenters. The normalized spacial score (nSPS) is 11.4. The van der Waals surface area contributed by atoms with E-state index in [-0.39, 0.29) is 5.63 Å². The van der Waals surface area contributed by atoms with E-state index in [1.165, 1.54) is 12.8 Å². The quantitative estimate of drug-likeness (QED) is 0.252. The minimum atomic E-state index is -0.365. The third-order valence-electron chi connectivity index (χ3n) is 5.11. The van der Waals surface area contributed by atoms with Crippen LogP contribution >= 0.6 is 0 Å². The van der Waals surface area contributed by atoms with Crippen LogP contribution in [0.5, 0.6) is 11.5 Å². The summed E-state index contributed by atoms with van der Waals surface area (Å²) in [5.74, 6) is 1.37. The monoisotopic (exact) mass is 397 g/mol. The molecule has 3 rings (SSSR count). The highest BCUT2D eigenvalue weighted by Gasteiger charge is 2.10. The fraction of sp³-hybridized carbons (Fsp3) is 0.458. The number of methoxy groups -OCH3 is 1. The SMILES string of the molecule is CCCN(CCC)CCCCOc1ccc2c(c1)oc(=O)c1cc(OC)ccc12. The molecule has 29 heavy (non-hydrogen) atoms. The maximum Gasteiger partial charge on any atom is 0.344 e. The lowest BCUT2D eigenvalue weighted by Crippen LogP contribution is -2.26. The highest BCUT2D eigenvalue weighted by molar-refractivity contribution is 6.04. The first-order chi connectivity index (χ1) is 14.2. The van der Waals surface area contributed by atoms with Gasteiger partial charge in [0.15, 0.2) is 0 Å². The number of fused-ring (bicyclic) bond motifs is 3. The molecule has 0 aliphatic heterocycles. The van der Waals surface area contributed by atoms with Crippen LogP contribution in [-0.2, 0) is 0 Å².